The summed E-state index contributed by atoms with van der Waals surface area (Å²) in [5.41, 5.74) is 4.41. The van der Waals surface area contributed by atoms with Crippen LogP contribution < -0.4 is 5.32 Å². The lowest BCUT2D eigenvalue weighted by Gasteiger charge is -2.33. The number of hydrogen-bond donors (Lipinski definition) is 1. The first-order valence-electron chi connectivity index (χ1n) is 9.61. The van der Waals surface area contributed by atoms with Gasteiger partial charge in [-0.05, 0) is 62.8 Å². The van der Waals surface area contributed by atoms with Crippen molar-refractivity contribution < 1.29 is 9.53 Å². The van der Waals surface area contributed by atoms with Crippen LogP contribution in [0.2, 0.25) is 0 Å². The second-order valence-electron chi connectivity index (χ2n) is 7.54. The summed E-state index contributed by atoms with van der Waals surface area (Å²) in [4.78, 5) is 19.1. The second-order valence-corrected chi connectivity index (χ2v) is 7.54. The number of anilines is 1. The molecule has 6 heteroatoms. The molecular weight excluding hydrogens is 340 g/mol. The summed E-state index contributed by atoms with van der Waals surface area (Å²) in [5.74, 6) is 1.37. The van der Waals surface area contributed by atoms with E-state index in [1.165, 1.54) is 11.1 Å². The highest BCUT2D eigenvalue weighted by molar-refractivity contribution is 5.89. The smallest absolute Gasteiger partial charge is 0.321 e. The molecule has 1 atom stereocenters. The molecule has 1 fully saturated rings. The minimum atomic E-state index is -0.0116. The first kappa shape index (κ1) is 19.4. The molecule has 0 aliphatic carbocycles. The number of aromatic nitrogens is 2. The largest absolute Gasteiger partial charge is 0.377 e. The summed E-state index contributed by atoms with van der Waals surface area (Å²) in [6, 6.07) is 6.03. The van der Waals surface area contributed by atoms with E-state index in [0.717, 1.165) is 49.7 Å². The molecule has 0 saturated carbocycles. The van der Waals surface area contributed by atoms with Gasteiger partial charge in [0.15, 0.2) is 0 Å². The lowest BCUT2D eigenvalue weighted by Crippen LogP contribution is -2.43. The minimum absolute atomic E-state index is 0.0116. The average molecular weight is 370 g/mol. The molecule has 1 aliphatic rings. The van der Waals surface area contributed by atoms with Crippen molar-refractivity contribution in [2.24, 2.45) is 5.92 Å². The third-order valence-electron chi connectivity index (χ3n) is 5.42. The summed E-state index contributed by atoms with van der Waals surface area (Å²) in [7, 11) is 1.69. The van der Waals surface area contributed by atoms with Crippen molar-refractivity contribution in [3.8, 4) is 0 Å². The van der Waals surface area contributed by atoms with Crippen LogP contribution in [0.1, 0.15) is 35.5 Å². The number of piperidine rings is 1. The van der Waals surface area contributed by atoms with E-state index in [1.807, 2.05) is 29.3 Å². The molecule has 1 aliphatic heterocycles. The molecular formula is C21H30N4O2. The van der Waals surface area contributed by atoms with Crippen molar-refractivity contribution in [2.75, 3.05) is 25.5 Å². The number of nitrogens with zero attached hydrogens (tertiary/aromatic N) is 3. The predicted octanol–water partition coefficient (Wildman–Crippen LogP) is 3.90. The Morgan fingerprint density at radius 3 is 2.85 bits per heavy atom. The Hall–Kier alpha value is -2.34. The van der Waals surface area contributed by atoms with Gasteiger partial charge < -0.3 is 19.5 Å². The number of benzene rings is 1. The number of imidazole rings is 1. The molecule has 2 heterocycles. The Kier molecular flexibility index (Phi) is 6.16. The Morgan fingerprint density at radius 1 is 1.30 bits per heavy atom. The number of methoxy groups -OCH3 is 1. The van der Waals surface area contributed by atoms with Gasteiger partial charge in [-0.3, -0.25) is 0 Å². The van der Waals surface area contributed by atoms with E-state index in [4.69, 9.17) is 4.74 Å². The fourth-order valence-corrected chi connectivity index (χ4v) is 3.68. The molecule has 1 N–H and O–H groups in total. The summed E-state index contributed by atoms with van der Waals surface area (Å²) < 4.78 is 7.48. The Labute approximate surface area is 161 Å². The van der Waals surface area contributed by atoms with Crippen LogP contribution in [0.5, 0.6) is 0 Å². The first-order valence-corrected chi connectivity index (χ1v) is 9.61. The topological polar surface area (TPSA) is 59.4 Å². The van der Waals surface area contributed by atoms with Crippen LogP contribution in [0.15, 0.2) is 24.4 Å². The van der Waals surface area contributed by atoms with Crippen LogP contribution in [0.4, 0.5) is 10.5 Å². The molecule has 3 rings (SSSR count). The van der Waals surface area contributed by atoms with Gasteiger partial charge in [0.2, 0.25) is 0 Å². The number of rotatable bonds is 5. The van der Waals surface area contributed by atoms with Crippen LogP contribution in [0.25, 0.3) is 0 Å². The minimum Gasteiger partial charge on any atom is -0.377 e. The molecule has 0 spiro atoms. The number of ether oxygens (including phenoxy) is 1. The van der Waals surface area contributed by atoms with Crippen molar-refractivity contribution in [1.82, 2.24) is 14.5 Å². The van der Waals surface area contributed by atoms with Crippen LogP contribution in [-0.4, -0.2) is 40.7 Å². The maximum atomic E-state index is 12.7. The highest BCUT2D eigenvalue weighted by Crippen LogP contribution is 2.22. The van der Waals surface area contributed by atoms with Gasteiger partial charge in [-0.2, -0.15) is 0 Å². The maximum Gasteiger partial charge on any atom is 0.321 e. The molecule has 146 valence electrons. The zero-order valence-electron chi connectivity index (χ0n) is 16.8. The Morgan fingerprint density at radius 2 is 2.11 bits per heavy atom. The van der Waals surface area contributed by atoms with E-state index in [0.29, 0.717) is 12.5 Å². The van der Waals surface area contributed by atoms with Crippen LogP contribution in [0, 0.1) is 26.7 Å². The van der Waals surface area contributed by atoms with E-state index in [9.17, 15) is 4.79 Å². The standard InChI is InChI=1S/C21H30N4O2/c1-15-7-8-19(10-16(15)2)23-21(26)24-9-5-6-18(12-24)13-25-17(3)11-22-20(25)14-27-4/h7-8,10-11,18H,5-6,9,12-14H2,1-4H3,(H,23,26)/t18-/m0/s1. The molecule has 1 aromatic carbocycles. The fourth-order valence-electron chi connectivity index (χ4n) is 3.68. The number of hydrogen-bond acceptors (Lipinski definition) is 3. The zero-order valence-corrected chi connectivity index (χ0v) is 16.8. The van der Waals surface area contributed by atoms with Crippen LogP contribution in [-0.2, 0) is 17.9 Å². The molecule has 6 nitrogen and oxygen atoms in total. The number of nitrogens with one attached hydrogen (secondary N) is 1. The molecule has 2 aromatic rings. The van der Waals surface area contributed by atoms with Gasteiger partial charge in [0.25, 0.3) is 0 Å². The average Bonchev–Trinajstić information content (AvgIpc) is 2.99. The van der Waals surface area contributed by atoms with Crippen molar-refractivity contribution in [2.45, 2.75) is 46.8 Å². The zero-order chi connectivity index (χ0) is 19.4. The first-order chi connectivity index (χ1) is 13.0. The lowest BCUT2D eigenvalue weighted by molar-refractivity contribution is 0.159. The number of carbonyl (C=O) groups excluding carboxylic acids is 1. The number of carbonyl (C=O) groups is 1. The molecule has 27 heavy (non-hydrogen) atoms. The highest BCUT2D eigenvalue weighted by atomic mass is 16.5. The summed E-state index contributed by atoms with van der Waals surface area (Å²) in [6.45, 7) is 9.16. The van der Waals surface area contributed by atoms with Gasteiger partial charge in [-0.15, -0.1) is 0 Å². The molecule has 0 unspecified atom stereocenters. The van der Waals surface area contributed by atoms with Crippen molar-refractivity contribution in [3.05, 3.63) is 47.0 Å². The Bertz CT molecular complexity index is 799. The summed E-state index contributed by atoms with van der Waals surface area (Å²) >= 11 is 0. The third-order valence-corrected chi connectivity index (χ3v) is 5.42. The van der Waals surface area contributed by atoms with Gasteiger partial charge in [0, 0.05) is 44.3 Å². The van der Waals surface area contributed by atoms with Gasteiger partial charge in [-0.25, -0.2) is 9.78 Å². The van der Waals surface area contributed by atoms with Crippen molar-refractivity contribution >= 4 is 11.7 Å². The third kappa shape index (κ3) is 4.69. The molecule has 1 saturated heterocycles. The molecule has 2 amide bonds. The quantitative estimate of drug-likeness (QED) is 0.868. The number of amides is 2. The Balaban J connectivity index is 1.62. The predicted molar refractivity (Wildman–Crippen MR) is 107 cm³/mol. The van der Waals surface area contributed by atoms with Gasteiger partial charge in [-0.1, -0.05) is 6.07 Å². The molecule has 0 bridgehead atoms. The number of urea groups is 1. The summed E-state index contributed by atoms with van der Waals surface area (Å²) in [5, 5.41) is 3.05. The van der Waals surface area contributed by atoms with Crippen LogP contribution in [0.3, 0.4) is 0 Å². The van der Waals surface area contributed by atoms with E-state index in [-0.39, 0.29) is 6.03 Å². The maximum absolute atomic E-state index is 12.7. The van der Waals surface area contributed by atoms with E-state index in [1.54, 1.807) is 7.11 Å². The second kappa shape index (κ2) is 8.57. The summed E-state index contributed by atoms with van der Waals surface area (Å²) in [6.07, 6.45) is 4.04. The van der Waals surface area contributed by atoms with E-state index >= 15 is 0 Å². The van der Waals surface area contributed by atoms with Gasteiger partial charge in [0.1, 0.15) is 12.4 Å². The molecule has 0 radical (unpaired) electrons. The number of likely N-dealkylation sites (tertiary alicyclic amines) is 1. The van der Waals surface area contributed by atoms with Crippen molar-refractivity contribution in [3.63, 3.8) is 0 Å². The van der Waals surface area contributed by atoms with Crippen LogP contribution >= 0.6 is 0 Å². The SMILES string of the molecule is COCc1ncc(C)n1C[C@H]1CCCN(C(=O)Nc2ccc(C)c(C)c2)C1. The fraction of sp³-hybridized carbons (Fsp3) is 0.524. The number of aryl methyl sites for hydroxylation is 3. The lowest BCUT2D eigenvalue weighted by atomic mass is 9.98. The monoisotopic (exact) mass is 370 g/mol. The van der Waals surface area contributed by atoms with Gasteiger partial charge >= 0.3 is 6.03 Å². The van der Waals surface area contributed by atoms with E-state index < -0.39 is 0 Å². The van der Waals surface area contributed by atoms with Crippen molar-refractivity contribution in [1.29, 1.82) is 0 Å². The highest BCUT2D eigenvalue weighted by Gasteiger charge is 2.25. The van der Waals surface area contributed by atoms with E-state index in [2.05, 4.69) is 35.6 Å². The molecule has 1 aromatic heterocycles. The van der Waals surface area contributed by atoms with Gasteiger partial charge in [0.05, 0.1) is 0 Å². The normalized spacial score (nSPS) is 17.2.